The molecule has 0 saturated carbocycles. The van der Waals surface area contributed by atoms with Crippen molar-refractivity contribution in [2.24, 2.45) is 0 Å². The van der Waals surface area contributed by atoms with Crippen molar-refractivity contribution in [1.82, 2.24) is 14.5 Å². The van der Waals surface area contributed by atoms with Gasteiger partial charge in [-0.2, -0.15) is 11.3 Å². The van der Waals surface area contributed by atoms with Crippen molar-refractivity contribution in [2.45, 2.75) is 32.2 Å². The Kier molecular flexibility index (Phi) is 5.89. The van der Waals surface area contributed by atoms with E-state index in [1.807, 2.05) is 18.5 Å². The van der Waals surface area contributed by atoms with Gasteiger partial charge in [-0.1, -0.05) is 24.1 Å². The Balaban J connectivity index is 1.45. The molecule has 0 bridgehead atoms. The number of fused-ring (bicyclic) bond motifs is 1. The van der Waals surface area contributed by atoms with Crippen molar-refractivity contribution >= 4 is 33.8 Å². The molecule has 0 amide bonds. The fourth-order valence-corrected chi connectivity index (χ4v) is 5.33. The minimum Gasteiger partial charge on any atom is -0.347 e. The Morgan fingerprint density at radius 3 is 2.63 bits per heavy atom. The van der Waals surface area contributed by atoms with E-state index in [0.29, 0.717) is 0 Å². The van der Waals surface area contributed by atoms with Crippen LogP contribution in [0.5, 0.6) is 0 Å². The summed E-state index contributed by atoms with van der Waals surface area (Å²) < 4.78 is 2.37. The molecule has 5 heteroatoms. The van der Waals surface area contributed by atoms with Crippen LogP contribution in [0, 0.1) is 0 Å². The molecule has 0 radical (unpaired) electrons. The maximum Gasteiger partial charge on any atom is 0.0501 e. The molecular formula is C25H26ClN3S. The molecule has 1 aliphatic heterocycles. The fourth-order valence-electron chi connectivity index (χ4n) is 4.50. The highest BCUT2D eigenvalue weighted by Gasteiger charge is 2.14. The van der Waals surface area contributed by atoms with E-state index >= 15 is 0 Å². The van der Waals surface area contributed by atoms with E-state index in [4.69, 9.17) is 11.6 Å². The van der Waals surface area contributed by atoms with E-state index in [1.165, 1.54) is 60.9 Å². The first kappa shape index (κ1) is 19.8. The van der Waals surface area contributed by atoms with E-state index < -0.39 is 0 Å². The third-order valence-electron chi connectivity index (χ3n) is 6.07. The third kappa shape index (κ3) is 4.18. The number of aromatic nitrogens is 2. The van der Waals surface area contributed by atoms with Gasteiger partial charge in [-0.05, 0) is 79.5 Å². The molecule has 1 aromatic carbocycles. The lowest BCUT2D eigenvalue weighted by atomic mass is 10.0. The number of piperidine rings is 1. The second-order valence-corrected chi connectivity index (χ2v) is 9.34. The zero-order valence-corrected chi connectivity index (χ0v) is 18.6. The van der Waals surface area contributed by atoms with Crippen molar-refractivity contribution < 1.29 is 0 Å². The normalized spacial score (nSPS) is 15.1. The molecule has 1 fully saturated rings. The number of halogens is 1. The molecule has 30 heavy (non-hydrogen) atoms. The van der Waals surface area contributed by atoms with Crippen LogP contribution in [0.25, 0.3) is 33.2 Å². The molecule has 5 rings (SSSR count). The summed E-state index contributed by atoms with van der Waals surface area (Å²) in [6, 6.07) is 10.6. The summed E-state index contributed by atoms with van der Waals surface area (Å²) in [6.45, 7) is 4.69. The predicted octanol–water partition coefficient (Wildman–Crippen LogP) is 6.96. The summed E-state index contributed by atoms with van der Waals surface area (Å²) in [5, 5.41) is 6.30. The Morgan fingerprint density at radius 2 is 1.80 bits per heavy atom. The Morgan fingerprint density at radius 1 is 0.933 bits per heavy atom. The lowest BCUT2D eigenvalue weighted by Crippen LogP contribution is -2.31. The second-order valence-electron chi connectivity index (χ2n) is 8.13. The van der Waals surface area contributed by atoms with Gasteiger partial charge in [0.25, 0.3) is 0 Å². The van der Waals surface area contributed by atoms with Crippen molar-refractivity contribution in [3.8, 4) is 22.3 Å². The highest BCUT2D eigenvalue weighted by atomic mass is 35.5. The third-order valence-corrected chi connectivity index (χ3v) is 6.99. The summed E-state index contributed by atoms with van der Waals surface area (Å²) >= 11 is 8.08. The molecule has 1 aliphatic rings. The summed E-state index contributed by atoms with van der Waals surface area (Å²) in [5.41, 5.74) is 5.97. The smallest absolute Gasteiger partial charge is 0.0501 e. The van der Waals surface area contributed by atoms with Crippen molar-refractivity contribution in [2.75, 3.05) is 19.6 Å². The van der Waals surface area contributed by atoms with E-state index in [1.54, 1.807) is 11.3 Å². The molecule has 0 N–H and O–H groups in total. The van der Waals surface area contributed by atoms with Crippen LogP contribution in [-0.2, 0) is 6.54 Å². The molecule has 0 aliphatic carbocycles. The van der Waals surface area contributed by atoms with E-state index in [0.717, 1.165) is 29.1 Å². The van der Waals surface area contributed by atoms with Crippen LogP contribution in [0.1, 0.15) is 25.7 Å². The summed E-state index contributed by atoms with van der Waals surface area (Å²) in [5.74, 6) is 0. The maximum atomic E-state index is 6.36. The van der Waals surface area contributed by atoms with Crippen LogP contribution in [-0.4, -0.2) is 34.1 Å². The number of hydrogen-bond acceptors (Lipinski definition) is 3. The molecular weight excluding hydrogens is 410 g/mol. The predicted molar refractivity (Wildman–Crippen MR) is 128 cm³/mol. The monoisotopic (exact) mass is 435 g/mol. The number of hydrogen-bond donors (Lipinski definition) is 0. The standard InChI is InChI=1S/C25H26ClN3S/c26-22-5-6-23-24(21-13-20(15-27-16-21)19-7-12-30-18-19)17-29(25(23)14-22)11-4-10-28-8-2-1-3-9-28/h5-7,12-18H,1-4,8-11H2. The second kappa shape index (κ2) is 8.93. The average molecular weight is 436 g/mol. The minimum absolute atomic E-state index is 0.787. The molecule has 3 aromatic heterocycles. The van der Waals surface area contributed by atoms with Crippen molar-refractivity contribution in [1.29, 1.82) is 0 Å². The number of thiophene rings is 1. The Labute approximate surface area is 186 Å². The molecule has 0 unspecified atom stereocenters. The number of aryl methyl sites for hydroxylation is 1. The van der Waals surface area contributed by atoms with Gasteiger partial charge in [0.05, 0.1) is 5.52 Å². The van der Waals surface area contributed by atoms with Gasteiger partial charge in [-0.3, -0.25) is 4.98 Å². The Hall–Kier alpha value is -2.14. The summed E-state index contributed by atoms with van der Waals surface area (Å²) in [6.07, 6.45) is 11.4. The van der Waals surface area contributed by atoms with E-state index in [2.05, 4.69) is 55.7 Å². The first-order valence-electron chi connectivity index (χ1n) is 10.8. The average Bonchev–Trinajstić information content (AvgIpc) is 3.43. The molecule has 0 spiro atoms. The van der Waals surface area contributed by atoms with Gasteiger partial charge in [0.1, 0.15) is 0 Å². The van der Waals surface area contributed by atoms with Gasteiger partial charge in [0.15, 0.2) is 0 Å². The summed E-state index contributed by atoms with van der Waals surface area (Å²) in [4.78, 5) is 7.15. The van der Waals surface area contributed by atoms with Gasteiger partial charge < -0.3 is 9.47 Å². The van der Waals surface area contributed by atoms with Gasteiger partial charge in [0, 0.05) is 52.2 Å². The van der Waals surface area contributed by atoms with Gasteiger partial charge >= 0.3 is 0 Å². The molecule has 0 atom stereocenters. The van der Waals surface area contributed by atoms with Crippen LogP contribution in [0.2, 0.25) is 5.02 Å². The SMILES string of the molecule is Clc1ccc2c(-c3cncc(-c4ccsc4)c3)cn(CCCN3CCCCC3)c2c1. The van der Waals surface area contributed by atoms with Crippen LogP contribution in [0.15, 0.2) is 59.7 Å². The zero-order valence-electron chi connectivity index (χ0n) is 17.1. The first-order chi connectivity index (χ1) is 14.8. The lowest BCUT2D eigenvalue weighted by molar-refractivity contribution is 0.223. The molecule has 3 nitrogen and oxygen atoms in total. The maximum absolute atomic E-state index is 6.36. The van der Waals surface area contributed by atoms with Gasteiger partial charge in [-0.25, -0.2) is 0 Å². The fraction of sp³-hybridized carbons (Fsp3) is 0.320. The minimum atomic E-state index is 0.787. The molecule has 1 saturated heterocycles. The highest BCUT2D eigenvalue weighted by molar-refractivity contribution is 7.08. The topological polar surface area (TPSA) is 21.1 Å². The lowest BCUT2D eigenvalue weighted by Gasteiger charge is -2.26. The number of rotatable bonds is 6. The largest absolute Gasteiger partial charge is 0.347 e. The van der Waals surface area contributed by atoms with Gasteiger partial charge in [0.2, 0.25) is 0 Å². The molecule has 4 aromatic rings. The van der Waals surface area contributed by atoms with Gasteiger partial charge in [-0.15, -0.1) is 0 Å². The Bertz CT molecular complexity index is 1130. The van der Waals surface area contributed by atoms with E-state index in [9.17, 15) is 0 Å². The summed E-state index contributed by atoms with van der Waals surface area (Å²) in [7, 11) is 0. The zero-order chi connectivity index (χ0) is 20.3. The van der Waals surface area contributed by atoms with Crippen molar-refractivity contribution in [3.05, 3.63) is 64.7 Å². The highest BCUT2D eigenvalue weighted by Crippen LogP contribution is 2.34. The molecule has 4 heterocycles. The number of pyridine rings is 1. The number of nitrogens with zero attached hydrogens (tertiary/aromatic N) is 3. The van der Waals surface area contributed by atoms with E-state index in [-0.39, 0.29) is 0 Å². The number of benzene rings is 1. The van der Waals surface area contributed by atoms with Crippen molar-refractivity contribution in [3.63, 3.8) is 0 Å². The van der Waals surface area contributed by atoms with Crippen LogP contribution in [0.4, 0.5) is 0 Å². The van der Waals surface area contributed by atoms with Crippen LogP contribution < -0.4 is 0 Å². The quantitative estimate of drug-likeness (QED) is 0.326. The first-order valence-corrected chi connectivity index (χ1v) is 12.1. The van der Waals surface area contributed by atoms with Crippen LogP contribution >= 0.6 is 22.9 Å². The van der Waals surface area contributed by atoms with Crippen LogP contribution in [0.3, 0.4) is 0 Å². The number of likely N-dealkylation sites (tertiary alicyclic amines) is 1. The molecule has 154 valence electrons.